The molecule has 1 aliphatic heterocycles. The lowest BCUT2D eigenvalue weighted by molar-refractivity contribution is -0.114. The molecule has 2 rings (SSSR count). The van der Waals surface area contributed by atoms with Crippen molar-refractivity contribution >= 4 is 12.0 Å². The lowest BCUT2D eigenvalue weighted by atomic mass is 9.90. The number of hydrogen-bond donors (Lipinski definition) is 2. The van der Waals surface area contributed by atoms with Gasteiger partial charge in [0.25, 0.3) is 0 Å². The summed E-state index contributed by atoms with van der Waals surface area (Å²) in [6, 6.07) is 7.39. The van der Waals surface area contributed by atoms with Gasteiger partial charge in [-0.05, 0) is 24.6 Å². The molecule has 16 heavy (non-hydrogen) atoms. The third-order valence-electron chi connectivity index (χ3n) is 2.88. The van der Waals surface area contributed by atoms with Crippen LogP contribution in [0.5, 0.6) is 0 Å². The fourth-order valence-corrected chi connectivity index (χ4v) is 2.00. The summed E-state index contributed by atoms with van der Waals surface area (Å²) in [6.45, 7) is 2.99. The van der Waals surface area contributed by atoms with Crippen molar-refractivity contribution in [1.29, 1.82) is 0 Å². The molecule has 1 aliphatic rings. The van der Waals surface area contributed by atoms with Crippen molar-refractivity contribution in [3.63, 3.8) is 0 Å². The van der Waals surface area contributed by atoms with E-state index in [1.807, 2.05) is 31.2 Å². The zero-order chi connectivity index (χ0) is 11.6. The quantitative estimate of drug-likeness (QED) is 0.568. The van der Waals surface area contributed by atoms with Gasteiger partial charge >= 0.3 is 0 Å². The molecule has 0 saturated carbocycles. The molecule has 2 unspecified atom stereocenters. The summed E-state index contributed by atoms with van der Waals surface area (Å²) in [5.41, 5.74) is 7.16. The normalized spacial score (nSPS) is 29.9. The van der Waals surface area contributed by atoms with Gasteiger partial charge in [-0.25, -0.2) is 0 Å². The van der Waals surface area contributed by atoms with E-state index in [0.29, 0.717) is 18.9 Å². The van der Waals surface area contributed by atoms with Gasteiger partial charge in [0.2, 0.25) is 0 Å². The summed E-state index contributed by atoms with van der Waals surface area (Å²) in [7, 11) is 0. The van der Waals surface area contributed by atoms with Gasteiger partial charge in [-0.2, -0.15) is 0 Å². The fraction of sp³-hybridized carbons (Fsp3) is 0.417. The van der Waals surface area contributed by atoms with E-state index in [0.717, 1.165) is 11.8 Å². The topological polar surface area (TPSA) is 64.3 Å². The highest BCUT2D eigenvalue weighted by Gasteiger charge is 2.33. The molecule has 1 aromatic carbocycles. The van der Waals surface area contributed by atoms with Crippen LogP contribution in [0.1, 0.15) is 12.5 Å². The lowest BCUT2D eigenvalue weighted by Crippen LogP contribution is -2.55. The molecule has 0 spiro atoms. The van der Waals surface area contributed by atoms with Crippen molar-refractivity contribution < 1.29 is 9.53 Å². The molecule has 0 radical (unpaired) electrons. The van der Waals surface area contributed by atoms with E-state index in [4.69, 9.17) is 10.5 Å². The molecule has 0 amide bonds. The van der Waals surface area contributed by atoms with E-state index >= 15 is 0 Å². The highest BCUT2D eigenvalue weighted by Crippen LogP contribution is 2.25. The van der Waals surface area contributed by atoms with E-state index in [9.17, 15) is 4.79 Å². The van der Waals surface area contributed by atoms with E-state index in [-0.39, 0.29) is 11.6 Å². The number of anilines is 1. The molecule has 3 N–H and O–H groups in total. The Hall–Kier alpha value is -1.39. The minimum absolute atomic E-state index is 0.250. The second kappa shape index (κ2) is 4.23. The summed E-state index contributed by atoms with van der Waals surface area (Å²) in [5.74, 6) is 0. The van der Waals surface area contributed by atoms with Gasteiger partial charge < -0.3 is 15.3 Å². The zero-order valence-electron chi connectivity index (χ0n) is 9.27. The van der Waals surface area contributed by atoms with Crippen molar-refractivity contribution in [2.45, 2.75) is 18.5 Å². The predicted octanol–water partition coefficient (Wildman–Crippen LogP) is 0.671. The van der Waals surface area contributed by atoms with Crippen molar-refractivity contribution in [3.8, 4) is 0 Å². The predicted molar refractivity (Wildman–Crippen MR) is 62.0 cm³/mol. The van der Waals surface area contributed by atoms with Crippen LogP contribution in [0.2, 0.25) is 0 Å². The number of nitrogens with two attached hydrogens (primary N) is 1. The van der Waals surface area contributed by atoms with Gasteiger partial charge in [0, 0.05) is 5.69 Å². The average Bonchev–Trinajstić information content (AvgIpc) is 2.29. The molecular formula is C12H16N2O2. The average molecular weight is 220 g/mol. The standard InChI is InChI=1S/C12H16N2O2/c1-12(8-16-7-11(6-15)14-12)9-3-2-4-10(13)5-9/h2-6,11,14H,7-8,13H2,1H3. The monoisotopic (exact) mass is 220 g/mol. The maximum absolute atomic E-state index is 10.8. The summed E-state index contributed by atoms with van der Waals surface area (Å²) >= 11 is 0. The number of nitrogens with one attached hydrogen (secondary N) is 1. The van der Waals surface area contributed by atoms with Crippen LogP contribution in [0, 0.1) is 0 Å². The first-order chi connectivity index (χ1) is 7.64. The highest BCUT2D eigenvalue weighted by atomic mass is 16.5. The van der Waals surface area contributed by atoms with Gasteiger partial charge in [-0.15, -0.1) is 0 Å². The van der Waals surface area contributed by atoms with E-state index in [2.05, 4.69) is 5.32 Å². The summed E-state index contributed by atoms with van der Waals surface area (Å²) < 4.78 is 5.45. The number of carbonyl (C=O) groups excluding carboxylic acids is 1. The molecule has 4 heteroatoms. The Morgan fingerprint density at radius 2 is 2.44 bits per heavy atom. The Kier molecular flexibility index (Phi) is 2.94. The Morgan fingerprint density at radius 3 is 3.12 bits per heavy atom. The van der Waals surface area contributed by atoms with Crippen molar-refractivity contribution in [2.75, 3.05) is 18.9 Å². The maximum Gasteiger partial charge on any atom is 0.139 e. The van der Waals surface area contributed by atoms with Gasteiger partial charge in [0.15, 0.2) is 0 Å². The zero-order valence-corrected chi connectivity index (χ0v) is 9.27. The van der Waals surface area contributed by atoms with Crippen LogP contribution in [0.4, 0.5) is 5.69 Å². The third kappa shape index (κ3) is 2.08. The summed E-state index contributed by atoms with van der Waals surface area (Å²) in [5, 5.41) is 3.27. The first-order valence-corrected chi connectivity index (χ1v) is 5.31. The number of aldehydes is 1. The Balaban J connectivity index is 2.27. The number of hydrogen-bond acceptors (Lipinski definition) is 4. The summed E-state index contributed by atoms with van der Waals surface area (Å²) in [4.78, 5) is 10.8. The molecular weight excluding hydrogens is 204 g/mol. The van der Waals surface area contributed by atoms with Crippen LogP contribution in [0.3, 0.4) is 0 Å². The second-order valence-corrected chi connectivity index (χ2v) is 4.36. The van der Waals surface area contributed by atoms with Gasteiger partial charge in [-0.1, -0.05) is 12.1 Å². The van der Waals surface area contributed by atoms with Crippen LogP contribution in [0.25, 0.3) is 0 Å². The number of ether oxygens (including phenoxy) is 1. The van der Waals surface area contributed by atoms with E-state index in [1.165, 1.54) is 0 Å². The highest BCUT2D eigenvalue weighted by molar-refractivity contribution is 5.58. The van der Waals surface area contributed by atoms with E-state index in [1.54, 1.807) is 0 Å². The van der Waals surface area contributed by atoms with Gasteiger partial charge in [0.05, 0.1) is 24.8 Å². The molecule has 1 heterocycles. The van der Waals surface area contributed by atoms with Crippen LogP contribution >= 0.6 is 0 Å². The number of nitrogen functional groups attached to an aromatic ring is 1. The number of carbonyl (C=O) groups is 1. The number of morpholine rings is 1. The lowest BCUT2D eigenvalue weighted by Gasteiger charge is -2.38. The Bertz CT molecular complexity index is 394. The molecule has 0 aliphatic carbocycles. The first kappa shape index (κ1) is 11.1. The molecule has 2 atom stereocenters. The van der Waals surface area contributed by atoms with Crippen LogP contribution in [-0.4, -0.2) is 25.5 Å². The van der Waals surface area contributed by atoms with E-state index < -0.39 is 0 Å². The largest absolute Gasteiger partial charge is 0.399 e. The number of rotatable bonds is 2. The van der Waals surface area contributed by atoms with Crippen molar-refractivity contribution in [2.24, 2.45) is 0 Å². The van der Waals surface area contributed by atoms with Crippen molar-refractivity contribution in [3.05, 3.63) is 29.8 Å². The molecule has 1 fully saturated rings. The molecule has 1 aromatic rings. The Morgan fingerprint density at radius 1 is 1.62 bits per heavy atom. The minimum atomic E-state index is -0.348. The van der Waals surface area contributed by atoms with Gasteiger partial charge in [0.1, 0.15) is 6.29 Å². The SMILES string of the molecule is CC1(c2cccc(N)c2)COCC(C=O)N1. The van der Waals surface area contributed by atoms with Gasteiger partial charge in [-0.3, -0.25) is 5.32 Å². The maximum atomic E-state index is 10.8. The second-order valence-electron chi connectivity index (χ2n) is 4.36. The molecule has 0 bridgehead atoms. The summed E-state index contributed by atoms with van der Waals surface area (Å²) in [6.07, 6.45) is 0.879. The fourth-order valence-electron chi connectivity index (χ4n) is 2.00. The number of benzene rings is 1. The molecule has 0 aromatic heterocycles. The van der Waals surface area contributed by atoms with Crippen LogP contribution in [-0.2, 0) is 15.1 Å². The minimum Gasteiger partial charge on any atom is -0.399 e. The smallest absolute Gasteiger partial charge is 0.139 e. The van der Waals surface area contributed by atoms with Crippen LogP contribution in [0.15, 0.2) is 24.3 Å². The molecule has 1 saturated heterocycles. The Labute approximate surface area is 94.8 Å². The molecule has 86 valence electrons. The first-order valence-electron chi connectivity index (χ1n) is 5.31. The van der Waals surface area contributed by atoms with Crippen LogP contribution < -0.4 is 11.1 Å². The third-order valence-corrected chi connectivity index (χ3v) is 2.88. The van der Waals surface area contributed by atoms with Crippen molar-refractivity contribution in [1.82, 2.24) is 5.32 Å². The molecule has 4 nitrogen and oxygen atoms in total.